The van der Waals surface area contributed by atoms with Gasteiger partial charge in [-0.15, -0.1) is 11.3 Å². The number of aryl methyl sites for hydroxylation is 1. The number of hydrogen-bond donors (Lipinski definition) is 1. The molecule has 0 atom stereocenters. The Bertz CT molecular complexity index is 1180. The largest absolute Gasteiger partial charge is 0.493 e. The van der Waals surface area contributed by atoms with Crippen molar-refractivity contribution in [1.29, 1.82) is 5.26 Å². The zero-order chi connectivity index (χ0) is 22.4. The molecular weight excluding hydrogens is 434 g/mol. The van der Waals surface area contributed by atoms with Crippen molar-refractivity contribution in [2.45, 2.75) is 13.3 Å². The lowest BCUT2D eigenvalue weighted by Gasteiger charge is -2.08. The first-order valence-electron chi connectivity index (χ1n) is 9.28. The van der Waals surface area contributed by atoms with Crippen LogP contribution in [0.15, 0.2) is 48.2 Å². The van der Waals surface area contributed by atoms with Gasteiger partial charge >= 0.3 is 0 Å². The summed E-state index contributed by atoms with van der Waals surface area (Å²) in [7, 11) is 3.06. The standard InChI is InChI=1S/C23H20ClN3O3S/c1-14-4-5-16(10-19(14)24)9-18-13-26-23(31-18)27-22(28)17(12-25)8-15-6-7-20(29-2)21(11-15)30-3/h4-8,10-11,13H,9H2,1-3H3,(H,26,27,28). The predicted molar refractivity (Wildman–Crippen MR) is 123 cm³/mol. The number of nitrogens with one attached hydrogen (secondary N) is 1. The molecule has 0 spiro atoms. The number of benzene rings is 2. The van der Waals surface area contributed by atoms with Gasteiger partial charge in [-0.25, -0.2) is 4.98 Å². The van der Waals surface area contributed by atoms with Crippen LogP contribution in [0.3, 0.4) is 0 Å². The van der Waals surface area contributed by atoms with Gasteiger partial charge in [0.1, 0.15) is 11.6 Å². The molecule has 1 amide bonds. The van der Waals surface area contributed by atoms with Crippen LogP contribution in [-0.4, -0.2) is 25.1 Å². The zero-order valence-electron chi connectivity index (χ0n) is 17.2. The van der Waals surface area contributed by atoms with Crippen molar-refractivity contribution >= 4 is 40.1 Å². The molecule has 0 unspecified atom stereocenters. The number of thiazole rings is 1. The van der Waals surface area contributed by atoms with Crippen molar-refractivity contribution in [1.82, 2.24) is 4.98 Å². The number of carbonyl (C=O) groups excluding carboxylic acids is 1. The van der Waals surface area contributed by atoms with Gasteiger partial charge in [0, 0.05) is 22.5 Å². The second kappa shape index (κ2) is 10.1. The normalized spacial score (nSPS) is 11.0. The third kappa shape index (κ3) is 5.63. The van der Waals surface area contributed by atoms with Gasteiger partial charge in [0.25, 0.3) is 5.91 Å². The lowest BCUT2D eigenvalue weighted by Crippen LogP contribution is -2.13. The first-order chi connectivity index (χ1) is 14.9. The fourth-order valence-corrected chi connectivity index (χ4v) is 3.86. The van der Waals surface area contributed by atoms with E-state index in [1.54, 1.807) is 24.4 Å². The number of aromatic nitrogens is 1. The highest BCUT2D eigenvalue weighted by atomic mass is 35.5. The Hall–Kier alpha value is -3.34. The van der Waals surface area contributed by atoms with Gasteiger partial charge in [0.05, 0.1) is 14.2 Å². The summed E-state index contributed by atoms with van der Waals surface area (Å²) < 4.78 is 10.5. The minimum absolute atomic E-state index is 0.0470. The van der Waals surface area contributed by atoms with Crippen LogP contribution in [0.25, 0.3) is 6.08 Å². The summed E-state index contributed by atoms with van der Waals surface area (Å²) in [5, 5.41) is 13.3. The molecule has 3 rings (SSSR count). The molecule has 0 aliphatic carbocycles. The molecule has 1 heterocycles. The molecule has 0 saturated carbocycles. The van der Waals surface area contributed by atoms with E-state index >= 15 is 0 Å². The van der Waals surface area contributed by atoms with E-state index in [0.717, 1.165) is 21.0 Å². The Balaban J connectivity index is 1.72. The van der Waals surface area contributed by atoms with Crippen LogP contribution < -0.4 is 14.8 Å². The van der Waals surface area contributed by atoms with Gasteiger partial charge < -0.3 is 9.47 Å². The second-order valence-corrected chi connectivity index (χ2v) is 8.15. The van der Waals surface area contributed by atoms with Gasteiger partial charge in [-0.05, 0) is 47.9 Å². The lowest BCUT2D eigenvalue weighted by molar-refractivity contribution is -0.112. The second-order valence-electron chi connectivity index (χ2n) is 6.63. The fraction of sp³-hybridized carbons (Fsp3) is 0.174. The maximum absolute atomic E-state index is 12.6. The van der Waals surface area contributed by atoms with Crippen molar-refractivity contribution in [2.24, 2.45) is 0 Å². The maximum atomic E-state index is 12.6. The van der Waals surface area contributed by atoms with E-state index in [9.17, 15) is 10.1 Å². The highest BCUT2D eigenvalue weighted by Crippen LogP contribution is 2.29. The molecule has 1 N–H and O–H groups in total. The monoisotopic (exact) mass is 453 g/mol. The van der Waals surface area contributed by atoms with Crippen molar-refractivity contribution in [3.8, 4) is 17.6 Å². The summed E-state index contributed by atoms with van der Waals surface area (Å²) >= 11 is 7.54. The summed E-state index contributed by atoms with van der Waals surface area (Å²) in [4.78, 5) is 17.8. The highest BCUT2D eigenvalue weighted by molar-refractivity contribution is 7.15. The smallest absolute Gasteiger partial charge is 0.268 e. The summed E-state index contributed by atoms with van der Waals surface area (Å²) in [6, 6.07) is 13.0. The number of ether oxygens (including phenoxy) is 2. The minimum atomic E-state index is -0.531. The Morgan fingerprint density at radius 2 is 2.00 bits per heavy atom. The number of halogens is 1. The van der Waals surface area contributed by atoms with E-state index in [1.165, 1.54) is 31.6 Å². The van der Waals surface area contributed by atoms with E-state index in [4.69, 9.17) is 21.1 Å². The number of hydrogen-bond acceptors (Lipinski definition) is 6. The number of carbonyl (C=O) groups is 1. The average molecular weight is 454 g/mol. The maximum Gasteiger partial charge on any atom is 0.268 e. The van der Waals surface area contributed by atoms with Gasteiger partial charge in [-0.2, -0.15) is 5.26 Å². The van der Waals surface area contributed by atoms with Crippen LogP contribution in [0.5, 0.6) is 11.5 Å². The van der Waals surface area contributed by atoms with E-state index in [2.05, 4.69) is 10.3 Å². The summed E-state index contributed by atoms with van der Waals surface area (Å²) in [6.45, 7) is 1.95. The van der Waals surface area contributed by atoms with E-state index in [0.29, 0.717) is 28.6 Å². The van der Waals surface area contributed by atoms with Gasteiger partial charge in [-0.1, -0.05) is 29.8 Å². The van der Waals surface area contributed by atoms with Crippen LogP contribution in [0.2, 0.25) is 5.02 Å². The Labute approximate surface area is 189 Å². The van der Waals surface area contributed by atoms with Gasteiger partial charge in [-0.3, -0.25) is 10.1 Å². The molecule has 158 valence electrons. The zero-order valence-corrected chi connectivity index (χ0v) is 18.8. The number of rotatable bonds is 7. The number of anilines is 1. The fourth-order valence-electron chi connectivity index (χ4n) is 2.82. The van der Waals surface area contributed by atoms with Crippen molar-refractivity contribution in [3.63, 3.8) is 0 Å². The highest BCUT2D eigenvalue weighted by Gasteiger charge is 2.13. The molecule has 3 aromatic rings. The first-order valence-corrected chi connectivity index (χ1v) is 10.5. The molecule has 0 radical (unpaired) electrons. The molecular formula is C23H20ClN3O3S. The van der Waals surface area contributed by atoms with Crippen LogP contribution in [0.4, 0.5) is 5.13 Å². The van der Waals surface area contributed by atoms with Crippen molar-refractivity contribution in [3.05, 3.63) is 74.8 Å². The van der Waals surface area contributed by atoms with E-state index < -0.39 is 5.91 Å². The molecule has 0 bridgehead atoms. The van der Waals surface area contributed by atoms with E-state index in [1.807, 2.05) is 31.2 Å². The Kier molecular flexibility index (Phi) is 7.29. The number of amides is 1. The third-order valence-corrected chi connectivity index (χ3v) is 5.79. The summed E-state index contributed by atoms with van der Waals surface area (Å²) in [5.41, 5.74) is 2.67. The molecule has 0 aliphatic heterocycles. The molecule has 8 heteroatoms. The first kappa shape index (κ1) is 22.3. The number of nitriles is 1. The van der Waals surface area contributed by atoms with Crippen molar-refractivity contribution < 1.29 is 14.3 Å². The lowest BCUT2D eigenvalue weighted by atomic mass is 10.1. The Morgan fingerprint density at radius 1 is 1.23 bits per heavy atom. The Morgan fingerprint density at radius 3 is 2.68 bits per heavy atom. The van der Waals surface area contributed by atoms with Gasteiger partial charge in [0.2, 0.25) is 0 Å². The van der Waals surface area contributed by atoms with Crippen LogP contribution in [-0.2, 0) is 11.2 Å². The molecule has 0 saturated heterocycles. The average Bonchev–Trinajstić information content (AvgIpc) is 3.20. The summed E-state index contributed by atoms with van der Waals surface area (Å²) in [5.74, 6) is 0.541. The van der Waals surface area contributed by atoms with Crippen molar-refractivity contribution in [2.75, 3.05) is 19.5 Å². The molecule has 31 heavy (non-hydrogen) atoms. The summed E-state index contributed by atoms with van der Waals surface area (Å²) in [6.07, 6.45) is 3.85. The molecule has 6 nitrogen and oxygen atoms in total. The molecule has 2 aromatic carbocycles. The number of methoxy groups -OCH3 is 2. The molecule has 0 aliphatic rings. The van der Waals surface area contributed by atoms with E-state index in [-0.39, 0.29) is 5.57 Å². The molecule has 0 fully saturated rings. The SMILES string of the molecule is COc1ccc(C=C(C#N)C(=O)Nc2ncc(Cc3ccc(C)c(Cl)c3)s2)cc1OC. The third-order valence-electron chi connectivity index (χ3n) is 4.47. The predicted octanol–water partition coefficient (Wildman–Crippen LogP) is 5.26. The molecule has 1 aromatic heterocycles. The van der Waals surface area contributed by atoms with Crippen LogP contribution >= 0.6 is 22.9 Å². The van der Waals surface area contributed by atoms with Gasteiger partial charge in [0.15, 0.2) is 16.6 Å². The van der Waals surface area contributed by atoms with Crippen LogP contribution in [0, 0.1) is 18.3 Å². The van der Waals surface area contributed by atoms with Crippen LogP contribution in [0.1, 0.15) is 21.6 Å². The number of nitrogens with zero attached hydrogens (tertiary/aromatic N) is 2. The minimum Gasteiger partial charge on any atom is -0.493 e. The topological polar surface area (TPSA) is 84.2 Å². The quantitative estimate of drug-likeness (QED) is 0.389.